The molecule has 0 saturated carbocycles. The third-order valence-electron chi connectivity index (χ3n) is 5.92. The predicted octanol–water partition coefficient (Wildman–Crippen LogP) is 7.25. The minimum absolute atomic E-state index is 0.155. The van der Waals surface area contributed by atoms with E-state index >= 15 is 0 Å². The molecule has 0 aliphatic carbocycles. The standard InChI is InChI=1S/C25H24Cl2N4O2S2/c1-12(2)20-15-9-33-25(3,4)8-14(15)19-21-22(35-23(19)31-20)24(29-11-28-21)34-10-18(32)30-13-5-6-16(26)17(27)7-13/h5-7,11-12H,8-10H2,1-4H3,(H,30,32). The number of anilines is 1. The van der Waals surface area contributed by atoms with Gasteiger partial charge in [-0.25, -0.2) is 15.0 Å². The molecule has 4 heterocycles. The molecule has 0 spiro atoms. The van der Waals surface area contributed by atoms with Gasteiger partial charge in [0.25, 0.3) is 0 Å². The first-order valence-corrected chi connectivity index (χ1v) is 13.8. The Kier molecular flexibility index (Phi) is 6.70. The van der Waals surface area contributed by atoms with Crippen LogP contribution in [0.15, 0.2) is 29.6 Å². The molecule has 1 aromatic carbocycles. The van der Waals surface area contributed by atoms with Crippen LogP contribution >= 0.6 is 46.3 Å². The summed E-state index contributed by atoms with van der Waals surface area (Å²) < 4.78 is 7.09. The van der Waals surface area contributed by atoms with Crippen molar-refractivity contribution in [2.45, 2.75) is 57.3 Å². The van der Waals surface area contributed by atoms with Gasteiger partial charge >= 0.3 is 0 Å². The molecular weight excluding hydrogens is 523 g/mol. The first kappa shape index (κ1) is 24.7. The SMILES string of the molecule is CC(C)c1nc2sc3c(SCC(=O)Nc4ccc(Cl)c(Cl)c4)ncnc3c2c2c1COC(C)(C)C2. The van der Waals surface area contributed by atoms with Gasteiger partial charge in [0.1, 0.15) is 16.2 Å². The Balaban J connectivity index is 1.49. The number of ether oxygens (including phenoxy) is 1. The molecule has 4 aromatic rings. The van der Waals surface area contributed by atoms with Crippen molar-refractivity contribution in [3.63, 3.8) is 0 Å². The lowest BCUT2D eigenvalue weighted by molar-refractivity contribution is -0.113. The molecule has 1 N–H and O–H groups in total. The molecule has 1 aliphatic heterocycles. The molecule has 6 nitrogen and oxygen atoms in total. The predicted molar refractivity (Wildman–Crippen MR) is 145 cm³/mol. The highest BCUT2D eigenvalue weighted by Crippen LogP contribution is 2.43. The molecule has 1 amide bonds. The Hall–Kier alpha value is -1.97. The molecule has 10 heteroatoms. The highest BCUT2D eigenvalue weighted by Gasteiger charge is 2.32. The van der Waals surface area contributed by atoms with Crippen molar-refractivity contribution in [1.82, 2.24) is 15.0 Å². The molecule has 0 unspecified atom stereocenters. The number of amides is 1. The highest BCUT2D eigenvalue weighted by atomic mass is 35.5. The van der Waals surface area contributed by atoms with Crippen molar-refractivity contribution < 1.29 is 9.53 Å². The molecule has 182 valence electrons. The number of hydrogen-bond donors (Lipinski definition) is 1. The van der Waals surface area contributed by atoms with Crippen LogP contribution in [0.25, 0.3) is 20.4 Å². The van der Waals surface area contributed by atoms with Gasteiger partial charge < -0.3 is 10.1 Å². The van der Waals surface area contributed by atoms with Crippen LogP contribution in [0.4, 0.5) is 5.69 Å². The topological polar surface area (TPSA) is 77.0 Å². The van der Waals surface area contributed by atoms with Gasteiger partial charge in [0, 0.05) is 23.1 Å². The van der Waals surface area contributed by atoms with Crippen molar-refractivity contribution in [3.05, 3.63) is 51.4 Å². The molecule has 3 aromatic heterocycles. The summed E-state index contributed by atoms with van der Waals surface area (Å²) in [6, 6.07) is 5.01. The third kappa shape index (κ3) is 4.87. The summed E-state index contributed by atoms with van der Waals surface area (Å²) in [5.41, 5.74) is 4.77. The van der Waals surface area contributed by atoms with E-state index in [1.54, 1.807) is 35.9 Å². The largest absolute Gasteiger partial charge is 0.370 e. The van der Waals surface area contributed by atoms with E-state index in [2.05, 4.69) is 43.0 Å². The van der Waals surface area contributed by atoms with E-state index in [-0.39, 0.29) is 23.2 Å². The maximum atomic E-state index is 12.6. The highest BCUT2D eigenvalue weighted by molar-refractivity contribution is 8.00. The number of halogens is 2. The number of thioether (sulfide) groups is 1. The molecule has 0 saturated heterocycles. The van der Waals surface area contributed by atoms with Crippen LogP contribution in [0.1, 0.15) is 50.4 Å². The average molecular weight is 548 g/mol. The van der Waals surface area contributed by atoms with Gasteiger partial charge in [0.05, 0.1) is 43.9 Å². The molecule has 1 aliphatic rings. The van der Waals surface area contributed by atoms with E-state index in [9.17, 15) is 4.79 Å². The van der Waals surface area contributed by atoms with Gasteiger partial charge in [0.2, 0.25) is 5.91 Å². The summed E-state index contributed by atoms with van der Waals surface area (Å²) in [6.07, 6.45) is 2.37. The van der Waals surface area contributed by atoms with Crippen LogP contribution < -0.4 is 5.32 Å². The first-order chi connectivity index (χ1) is 16.6. The number of carbonyl (C=O) groups excluding carboxylic acids is 1. The van der Waals surface area contributed by atoms with Gasteiger partial charge in [-0.05, 0) is 43.5 Å². The van der Waals surface area contributed by atoms with Crippen LogP contribution in [0.2, 0.25) is 10.0 Å². The normalized spacial score (nSPS) is 15.1. The molecule has 0 radical (unpaired) electrons. The molecule has 0 atom stereocenters. The molecular formula is C25H24Cl2N4O2S2. The number of pyridine rings is 1. The number of hydrogen-bond acceptors (Lipinski definition) is 7. The Bertz CT molecular complexity index is 1470. The Morgan fingerprint density at radius 2 is 2.03 bits per heavy atom. The van der Waals surface area contributed by atoms with Crippen molar-refractivity contribution >= 4 is 78.3 Å². The summed E-state index contributed by atoms with van der Waals surface area (Å²) in [5.74, 6) is 0.329. The Labute approximate surface area is 221 Å². The maximum Gasteiger partial charge on any atom is 0.234 e. The van der Waals surface area contributed by atoms with E-state index in [1.165, 1.54) is 22.9 Å². The average Bonchev–Trinajstić information content (AvgIpc) is 3.18. The Morgan fingerprint density at radius 3 is 2.77 bits per heavy atom. The second kappa shape index (κ2) is 9.48. The zero-order valence-corrected chi connectivity index (χ0v) is 22.9. The van der Waals surface area contributed by atoms with Crippen LogP contribution in [-0.4, -0.2) is 32.2 Å². The number of carbonyl (C=O) groups is 1. The van der Waals surface area contributed by atoms with Crippen molar-refractivity contribution in [2.24, 2.45) is 0 Å². The van der Waals surface area contributed by atoms with Crippen LogP contribution in [0, 0.1) is 0 Å². The fourth-order valence-corrected chi connectivity index (χ4v) is 6.64. The van der Waals surface area contributed by atoms with Crippen LogP contribution in [0.5, 0.6) is 0 Å². The first-order valence-electron chi connectivity index (χ1n) is 11.2. The minimum Gasteiger partial charge on any atom is -0.370 e. The zero-order chi connectivity index (χ0) is 24.9. The summed E-state index contributed by atoms with van der Waals surface area (Å²) in [6.45, 7) is 9.12. The van der Waals surface area contributed by atoms with E-state index in [0.717, 1.165) is 37.6 Å². The fourth-order valence-electron chi connectivity index (χ4n) is 4.30. The number of nitrogens with zero attached hydrogens (tertiary/aromatic N) is 3. The third-order valence-corrected chi connectivity index (χ3v) is 8.86. The fraction of sp³-hybridized carbons (Fsp3) is 0.360. The number of fused-ring (bicyclic) bond motifs is 5. The number of rotatable bonds is 5. The number of benzene rings is 1. The van der Waals surface area contributed by atoms with Crippen LogP contribution in [0.3, 0.4) is 0 Å². The lowest BCUT2D eigenvalue weighted by Gasteiger charge is -2.33. The van der Waals surface area contributed by atoms with E-state index in [1.807, 2.05) is 0 Å². The number of thiophene rings is 1. The molecule has 0 fully saturated rings. The van der Waals surface area contributed by atoms with Crippen molar-refractivity contribution in [1.29, 1.82) is 0 Å². The van der Waals surface area contributed by atoms with E-state index in [0.29, 0.717) is 22.3 Å². The van der Waals surface area contributed by atoms with Crippen LogP contribution in [-0.2, 0) is 22.6 Å². The monoisotopic (exact) mass is 546 g/mol. The van der Waals surface area contributed by atoms with Crippen molar-refractivity contribution in [2.75, 3.05) is 11.1 Å². The van der Waals surface area contributed by atoms with Gasteiger partial charge in [-0.2, -0.15) is 0 Å². The summed E-state index contributed by atoms with van der Waals surface area (Å²) in [7, 11) is 0. The second-order valence-corrected chi connectivity index (χ2v) is 12.2. The summed E-state index contributed by atoms with van der Waals surface area (Å²) in [4.78, 5) is 27.7. The van der Waals surface area contributed by atoms with Gasteiger partial charge in [-0.15, -0.1) is 11.3 Å². The maximum absolute atomic E-state index is 12.6. The minimum atomic E-state index is -0.253. The lowest BCUT2D eigenvalue weighted by Crippen LogP contribution is -2.32. The quantitative estimate of drug-likeness (QED) is 0.210. The second-order valence-electron chi connectivity index (χ2n) is 9.44. The molecule has 35 heavy (non-hydrogen) atoms. The Morgan fingerprint density at radius 1 is 1.23 bits per heavy atom. The molecule has 5 rings (SSSR count). The van der Waals surface area contributed by atoms with Gasteiger partial charge in [0.15, 0.2) is 0 Å². The smallest absolute Gasteiger partial charge is 0.234 e. The van der Waals surface area contributed by atoms with E-state index < -0.39 is 0 Å². The summed E-state index contributed by atoms with van der Waals surface area (Å²) >= 11 is 15.0. The zero-order valence-electron chi connectivity index (χ0n) is 19.7. The van der Waals surface area contributed by atoms with E-state index in [4.69, 9.17) is 32.9 Å². The van der Waals surface area contributed by atoms with Gasteiger partial charge in [-0.1, -0.05) is 48.8 Å². The number of nitrogens with one attached hydrogen (secondary N) is 1. The summed E-state index contributed by atoms with van der Waals surface area (Å²) in [5, 5.41) is 5.55. The van der Waals surface area contributed by atoms with Crippen molar-refractivity contribution in [3.8, 4) is 0 Å². The number of aromatic nitrogens is 3. The molecule has 0 bridgehead atoms. The lowest BCUT2D eigenvalue weighted by atomic mass is 9.87. The van der Waals surface area contributed by atoms with Gasteiger partial charge in [-0.3, -0.25) is 4.79 Å².